The number of hydrogen-bond donors (Lipinski definition) is 1. The summed E-state index contributed by atoms with van der Waals surface area (Å²) < 4.78 is 0. The van der Waals surface area contributed by atoms with Crippen LogP contribution in [0.2, 0.25) is 0 Å². The van der Waals surface area contributed by atoms with Crippen molar-refractivity contribution >= 4 is 5.69 Å². The maximum Gasteiger partial charge on any atom is 0.0376 e. The molecular weight excluding hydrogens is 134 g/mol. The van der Waals surface area contributed by atoms with Crippen molar-refractivity contribution in [2.45, 2.75) is 19.8 Å². The molecule has 1 rings (SSSR count). The fourth-order valence-electron chi connectivity index (χ4n) is 1.16. The van der Waals surface area contributed by atoms with Gasteiger partial charge in [-0.15, -0.1) is 0 Å². The van der Waals surface area contributed by atoms with Gasteiger partial charge in [-0.3, -0.25) is 0 Å². The quantitative estimate of drug-likeness (QED) is 0.694. The van der Waals surface area contributed by atoms with Crippen LogP contribution in [0.5, 0.6) is 0 Å². The molecule has 0 amide bonds. The number of aryl methyl sites for hydroxylation is 1. The summed E-state index contributed by atoms with van der Waals surface area (Å²) in [6.07, 6.45) is 2.28. The Kier molecular flexibility index (Phi) is 2.96. The molecule has 0 spiro atoms. The van der Waals surface area contributed by atoms with Gasteiger partial charge < -0.3 is 5.32 Å². The van der Waals surface area contributed by atoms with Crippen LogP contribution in [0, 0.1) is 6.07 Å². The molecule has 0 heterocycles. The van der Waals surface area contributed by atoms with Crippen LogP contribution < -0.4 is 5.32 Å². The van der Waals surface area contributed by atoms with Crippen LogP contribution in [-0.2, 0) is 6.42 Å². The number of hydrogen-bond acceptors (Lipinski definition) is 1. The molecule has 0 bridgehead atoms. The highest BCUT2D eigenvalue weighted by Crippen LogP contribution is 2.14. The van der Waals surface area contributed by atoms with Gasteiger partial charge in [0.2, 0.25) is 0 Å². The van der Waals surface area contributed by atoms with Gasteiger partial charge in [-0.05, 0) is 24.1 Å². The Hall–Kier alpha value is -0.980. The van der Waals surface area contributed by atoms with Gasteiger partial charge in [-0.25, -0.2) is 0 Å². The Bertz CT molecular complexity index is 218. The highest BCUT2D eigenvalue weighted by molar-refractivity contribution is 5.49. The van der Waals surface area contributed by atoms with E-state index in [1.54, 1.807) is 0 Å². The average Bonchev–Trinajstić information content (AvgIpc) is 2.06. The van der Waals surface area contributed by atoms with E-state index in [0.717, 1.165) is 6.42 Å². The molecule has 1 heteroatoms. The topological polar surface area (TPSA) is 12.0 Å². The monoisotopic (exact) mass is 148 g/mol. The largest absolute Gasteiger partial charge is 0.388 e. The molecule has 0 aliphatic carbocycles. The third-order valence-corrected chi connectivity index (χ3v) is 1.71. The Labute approximate surface area is 68.4 Å². The molecule has 11 heavy (non-hydrogen) atoms. The Morgan fingerprint density at radius 2 is 2.36 bits per heavy atom. The second kappa shape index (κ2) is 4.02. The van der Waals surface area contributed by atoms with Crippen LogP contribution in [0.3, 0.4) is 0 Å². The molecular formula is C10H14N. The minimum Gasteiger partial charge on any atom is -0.388 e. The first kappa shape index (κ1) is 8.12. The summed E-state index contributed by atoms with van der Waals surface area (Å²) in [6.45, 7) is 2.18. The Morgan fingerprint density at radius 1 is 1.55 bits per heavy atom. The lowest BCUT2D eigenvalue weighted by atomic mass is 10.1. The average molecular weight is 148 g/mol. The van der Waals surface area contributed by atoms with E-state index in [2.05, 4.69) is 24.4 Å². The second-order valence-corrected chi connectivity index (χ2v) is 2.56. The molecule has 0 fully saturated rings. The first-order valence-electron chi connectivity index (χ1n) is 4.05. The summed E-state index contributed by atoms with van der Waals surface area (Å²) in [5.41, 5.74) is 2.49. The number of nitrogens with one attached hydrogen (secondary N) is 1. The lowest BCUT2D eigenvalue weighted by molar-refractivity contribution is 0.921. The highest BCUT2D eigenvalue weighted by atomic mass is 14.8. The number of rotatable bonds is 3. The molecule has 1 radical (unpaired) electrons. The van der Waals surface area contributed by atoms with Crippen molar-refractivity contribution in [2.24, 2.45) is 0 Å². The highest BCUT2D eigenvalue weighted by Gasteiger charge is 1.96. The van der Waals surface area contributed by atoms with Gasteiger partial charge in [0.15, 0.2) is 0 Å². The normalized spacial score (nSPS) is 9.64. The van der Waals surface area contributed by atoms with E-state index in [4.69, 9.17) is 0 Å². The summed E-state index contributed by atoms with van der Waals surface area (Å²) in [5, 5.41) is 3.15. The zero-order valence-corrected chi connectivity index (χ0v) is 7.15. The summed E-state index contributed by atoms with van der Waals surface area (Å²) in [4.78, 5) is 0. The van der Waals surface area contributed by atoms with Crippen molar-refractivity contribution in [2.75, 3.05) is 12.4 Å². The first-order chi connectivity index (χ1) is 5.38. The smallest absolute Gasteiger partial charge is 0.0376 e. The fourth-order valence-corrected chi connectivity index (χ4v) is 1.16. The molecule has 1 aromatic rings. The van der Waals surface area contributed by atoms with Crippen LogP contribution in [0.25, 0.3) is 0 Å². The summed E-state index contributed by atoms with van der Waals surface area (Å²) in [5.74, 6) is 0. The molecule has 1 aromatic carbocycles. The fraction of sp³-hybridized carbons (Fsp3) is 0.400. The molecule has 0 saturated heterocycles. The van der Waals surface area contributed by atoms with Crippen molar-refractivity contribution in [3.63, 3.8) is 0 Å². The molecule has 0 aliphatic heterocycles. The van der Waals surface area contributed by atoms with E-state index >= 15 is 0 Å². The molecule has 0 aromatic heterocycles. The SMILES string of the molecule is CCCc1[c]cccc1NC. The number of benzene rings is 1. The number of anilines is 1. The van der Waals surface area contributed by atoms with E-state index in [9.17, 15) is 0 Å². The van der Waals surface area contributed by atoms with Gasteiger partial charge in [0.05, 0.1) is 0 Å². The third kappa shape index (κ3) is 1.97. The van der Waals surface area contributed by atoms with E-state index < -0.39 is 0 Å². The first-order valence-corrected chi connectivity index (χ1v) is 4.05. The van der Waals surface area contributed by atoms with E-state index in [1.807, 2.05) is 19.2 Å². The van der Waals surface area contributed by atoms with Gasteiger partial charge in [0.25, 0.3) is 0 Å². The standard InChI is InChI=1S/C10H14N/c1-3-6-9-7-4-5-8-10(9)11-2/h4-5,8,11H,3,6H2,1-2H3. The summed E-state index contributed by atoms with van der Waals surface area (Å²) in [6, 6.07) is 9.28. The van der Waals surface area contributed by atoms with Gasteiger partial charge >= 0.3 is 0 Å². The van der Waals surface area contributed by atoms with Gasteiger partial charge in [0.1, 0.15) is 0 Å². The second-order valence-electron chi connectivity index (χ2n) is 2.56. The minimum absolute atomic E-state index is 1.11. The lowest BCUT2D eigenvalue weighted by Gasteiger charge is -2.05. The molecule has 1 N–H and O–H groups in total. The third-order valence-electron chi connectivity index (χ3n) is 1.71. The predicted octanol–water partition coefficient (Wildman–Crippen LogP) is 2.48. The van der Waals surface area contributed by atoms with E-state index in [1.165, 1.54) is 17.7 Å². The van der Waals surface area contributed by atoms with Crippen molar-refractivity contribution in [1.29, 1.82) is 0 Å². The minimum atomic E-state index is 1.11. The molecule has 59 valence electrons. The Morgan fingerprint density at radius 3 is 3.00 bits per heavy atom. The van der Waals surface area contributed by atoms with Gasteiger partial charge in [-0.1, -0.05) is 25.5 Å². The van der Waals surface area contributed by atoms with Crippen LogP contribution >= 0.6 is 0 Å². The predicted molar refractivity (Wildman–Crippen MR) is 48.8 cm³/mol. The molecule has 0 saturated carbocycles. The summed E-state index contributed by atoms with van der Waals surface area (Å²) >= 11 is 0. The zero-order chi connectivity index (χ0) is 8.10. The zero-order valence-electron chi connectivity index (χ0n) is 7.15. The molecule has 1 nitrogen and oxygen atoms in total. The lowest BCUT2D eigenvalue weighted by Crippen LogP contribution is -1.94. The van der Waals surface area contributed by atoms with Gasteiger partial charge in [0, 0.05) is 12.7 Å². The maximum atomic E-state index is 3.23. The summed E-state index contributed by atoms with van der Waals surface area (Å²) in [7, 11) is 1.95. The van der Waals surface area contributed by atoms with Crippen LogP contribution in [0.4, 0.5) is 5.69 Å². The van der Waals surface area contributed by atoms with Crippen LogP contribution in [0.1, 0.15) is 18.9 Å². The van der Waals surface area contributed by atoms with E-state index in [0.29, 0.717) is 0 Å². The maximum absolute atomic E-state index is 3.23. The molecule has 0 atom stereocenters. The Balaban J connectivity index is 2.83. The molecule has 0 aliphatic rings. The van der Waals surface area contributed by atoms with Crippen LogP contribution in [-0.4, -0.2) is 7.05 Å². The van der Waals surface area contributed by atoms with Crippen molar-refractivity contribution in [3.05, 3.63) is 29.8 Å². The van der Waals surface area contributed by atoms with Crippen molar-refractivity contribution < 1.29 is 0 Å². The van der Waals surface area contributed by atoms with Crippen LogP contribution in [0.15, 0.2) is 18.2 Å². The van der Waals surface area contributed by atoms with Crippen molar-refractivity contribution in [3.8, 4) is 0 Å². The van der Waals surface area contributed by atoms with E-state index in [-0.39, 0.29) is 0 Å². The van der Waals surface area contributed by atoms with Crippen molar-refractivity contribution in [1.82, 2.24) is 0 Å². The molecule has 0 unspecified atom stereocenters. The van der Waals surface area contributed by atoms with Gasteiger partial charge in [-0.2, -0.15) is 0 Å².